The molecular weight excluding hydrogens is 294 g/mol. The first-order chi connectivity index (χ1) is 10.7. The lowest BCUT2D eigenvalue weighted by atomic mass is 10.1. The van der Waals surface area contributed by atoms with Crippen molar-refractivity contribution < 1.29 is 4.79 Å². The van der Waals surface area contributed by atoms with Crippen LogP contribution in [0.4, 0.5) is 4.79 Å². The maximum atomic E-state index is 12.3. The Labute approximate surface area is 135 Å². The number of fused-ring (bicyclic) bond motifs is 1. The minimum absolute atomic E-state index is 0.0116. The Morgan fingerprint density at radius 2 is 2.05 bits per heavy atom. The van der Waals surface area contributed by atoms with Crippen molar-refractivity contribution >= 4 is 17.4 Å². The number of thiazole rings is 1. The second-order valence-electron chi connectivity index (χ2n) is 5.78. The van der Waals surface area contributed by atoms with Crippen LogP contribution < -0.4 is 10.6 Å². The molecule has 0 saturated carbocycles. The Morgan fingerprint density at radius 3 is 2.59 bits per heavy atom. The van der Waals surface area contributed by atoms with Crippen molar-refractivity contribution in [3.63, 3.8) is 0 Å². The number of hydrogen-bond acceptors (Lipinski definition) is 3. The van der Waals surface area contributed by atoms with Gasteiger partial charge >= 0.3 is 6.03 Å². The zero-order valence-corrected chi connectivity index (χ0v) is 13.7. The number of urea groups is 1. The van der Waals surface area contributed by atoms with Crippen LogP contribution in [0.5, 0.6) is 0 Å². The Kier molecular flexibility index (Phi) is 4.43. The van der Waals surface area contributed by atoms with Crippen LogP contribution in [-0.2, 0) is 12.8 Å². The molecule has 0 radical (unpaired) electrons. The normalized spacial score (nSPS) is 15.4. The van der Waals surface area contributed by atoms with Gasteiger partial charge < -0.3 is 10.6 Å². The van der Waals surface area contributed by atoms with Gasteiger partial charge in [-0.15, -0.1) is 11.3 Å². The molecule has 1 heterocycles. The maximum Gasteiger partial charge on any atom is 0.315 e. The van der Waals surface area contributed by atoms with Gasteiger partial charge in [0.25, 0.3) is 0 Å². The van der Waals surface area contributed by atoms with Crippen LogP contribution in [0, 0.1) is 6.92 Å². The van der Waals surface area contributed by atoms with Crippen LogP contribution in [0.15, 0.2) is 29.6 Å². The first-order valence-corrected chi connectivity index (χ1v) is 8.59. The molecule has 5 heteroatoms. The Morgan fingerprint density at radius 1 is 1.36 bits per heavy atom. The van der Waals surface area contributed by atoms with Gasteiger partial charge in [0.15, 0.2) is 0 Å². The molecule has 1 unspecified atom stereocenters. The van der Waals surface area contributed by atoms with Crippen molar-refractivity contribution in [3.05, 3.63) is 51.5 Å². The van der Waals surface area contributed by atoms with Gasteiger partial charge in [-0.1, -0.05) is 31.2 Å². The molecular formula is C17H21N3OS. The fraction of sp³-hybridized carbons (Fsp3) is 0.412. The fourth-order valence-corrected chi connectivity index (χ4v) is 3.85. The molecule has 1 aromatic carbocycles. The summed E-state index contributed by atoms with van der Waals surface area (Å²) in [6.07, 6.45) is 2.67. The summed E-state index contributed by atoms with van der Waals surface area (Å²) in [5, 5.41) is 9.14. The average Bonchev–Trinajstić information content (AvgIpc) is 3.10. The number of benzene rings is 1. The quantitative estimate of drug-likeness (QED) is 0.909. The summed E-state index contributed by atoms with van der Waals surface area (Å²) >= 11 is 1.60. The third-order valence-corrected chi connectivity index (χ3v) is 5.11. The molecule has 3 rings (SSSR count). The zero-order valence-electron chi connectivity index (χ0n) is 12.9. The third-order valence-electron chi connectivity index (χ3n) is 4.03. The van der Waals surface area contributed by atoms with Crippen molar-refractivity contribution in [3.8, 4) is 0 Å². The highest BCUT2D eigenvalue weighted by molar-refractivity contribution is 7.09. The van der Waals surface area contributed by atoms with Crippen LogP contribution in [0.25, 0.3) is 0 Å². The number of aryl methyl sites for hydroxylation is 1. The van der Waals surface area contributed by atoms with Crippen LogP contribution >= 0.6 is 11.3 Å². The molecule has 1 aliphatic carbocycles. The van der Waals surface area contributed by atoms with Crippen LogP contribution in [0.1, 0.15) is 41.2 Å². The second kappa shape index (κ2) is 6.48. The maximum absolute atomic E-state index is 12.3. The summed E-state index contributed by atoms with van der Waals surface area (Å²) in [5.74, 6) is 0. The summed E-state index contributed by atoms with van der Waals surface area (Å²) < 4.78 is 0. The van der Waals surface area contributed by atoms with E-state index in [0.29, 0.717) is 0 Å². The average molecular weight is 315 g/mol. The van der Waals surface area contributed by atoms with Gasteiger partial charge in [0.05, 0.1) is 6.04 Å². The summed E-state index contributed by atoms with van der Waals surface area (Å²) in [7, 11) is 0. The molecule has 2 aromatic rings. The molecule has 1 atom stereocenters. The lowest BCUT2D eigenvalue weighted by Crippen LogP contribution is -2.43. The highest BCUT2D eigenvalue weighted by Crippen LogP contribution is 2.23. The van der Waals surface area contributed by atoms with E-state index in [0.717, 1.165) is 30.0 Å². The van der Waals surface area contributed by atoms with Crippen molar-refractivity contribution in [2.24, 2.45) is 0 Å². The standard InChI is InChI=1S/C17H21N3OS/c1-3-15(16-18-11(2)10-22-16)20-17(21)19-14-8-12-6-4-5-7-13(12)9-14/h4-7,10,14-15H,3,8-9H2,1-2H3,(H2,19,20,21). The first-order valence-electron chi connectivity index (χ1n) is 7.71. The van der Waals surface area contributed by atoms with E-state index in [-0.39, 0.29) is 18.1 Å². The van der Waals surface area contributed by atoms with E-state index in [9.17, 15) is 4.79 Å². The monoisotopic (exact) mass is 315 g/mol. The highest BCUT2D eigenvalue weighted by atomic mass is 32.1. The van der Waals surface area contributed by atoms with Gasteiger partial charge in [-0.3, -0.25) is 0 Å². The summed E-state index contributed by atoms with van der Waals surface area (Å²) in [6, 6.07) is 8.47. The number of carbonyl (C=O) groups excluding carboxylic acids is 1. The van der Waals surface area contributed by atoms with E-state index in [2.05, 4.69) is 46.8 Å². The smallest absolute Gasteiger partial charge is 0.315 e. The molecule has 0 spiro atoms. The van der Waals surface area contributed by atoms with E-state index < -0.39 is 0 Å². The topological polar surface area (TPSA) is 54.0 Å². The summed E-state index contributed by atoms with van der Waals surface area (Å²) in [4.78, 5) is 16.7. The number of carbonyl (C=O) groups is 1. The van der Waals surface area contributed by atoms with Crippen molar-refractivity contribution in [1.82, 2.24) is 15.6 Å². The lowest BCUT2D eigenvalue weighted by molar-refractivity contribution is 0.233. The number of aromatic nitrogens is 1. The van der Waals surface area contributed by atoms with Gasteiger partial charge in [0.2, 0.25) is 0 Å². The molecule has 2 N–H and O–H groups in total. The molecule has 0 fully saturated rings. The number of rotatable bonds is 4. The van der Waals surface area contributed by atoms with Gasteiger partial charge in [-0.25, -0.2) is 9.78 Å². The van der Waals surface area contributed by atoms with E-state index in [4.69, 9.17) is 0 Å². The first kappa shape index (κ1) is 15.0. The van der Waals surface area contributed by atoms with Crippen LogP contribution in [-0.4, -0.2) is 17.1 Å². The molecule has 0 aliphatic heterocycles. The van der Waals surface area contributed by atoms with Crippen LogP contribution in [0.2, 0.25) is 0 Å². The molecule has 0 saturated heterocycles. The second-order valence-corrected chi connectivity index (χ2v) is 6.67. The van der Waals surface area contributed by atoms with Crippen molar-refractivity contribution in [1.29, 1.82) is 0 Å². The fourth-order valence-electron chi connectivity index (χ4n) is 2.92. The Bertz CT molecular complexity index is 642. The minimum atomic E-state index is -0.0995. The number of nitrogens with one attached hydrogen (secondary N) is 2. The van der Waals surface area contributed by atoms with Gasteiger partial charge in [0.1, 0.15) is 5.01 Å². The predicted molar refractivity (Wildman–Crippen MR) is 89.2 cm³/mol. The largest absolute Gasteiger partial charge is 0.335 e. The SMILES string of the molecule is CCC(NC(=O)NC1Cc2ccccc2C1)c1nc(C)cs1. The highest BCUT2D eigenvalue weighted by Gasteiger charge is 2.23. The molecule has 0 bridgehead atoms. The molecule has 116 valence electrons. The third kappa shape index (κ3) is 3.30. The van der Waals surface area contributed by atoms with E-state index in [1.165, 1.54) is 11.1 Å². The predicted octanol–water partition coefficient (Wildman–Crippen LogP) is 3.37. The van der Waals surface area contributed by atoms with Crippen molar-refractivity contribution in [2.75, 3.05) is 0 Å². The molecule has 1 aliphatic rings. The zero-order chi connectivity index (χ0) is 15.5. The van der Waals surface area contributed by atoms with E-state index in [1.807, 2.05) is 12.3 Å². The number of nitrogens with zero attached hydrogens (tertiary/aromatic N) is 1. The van der Waals surface area contributed by atoms with Gasteiger partial charge in [-0.2, -0.15) is 0 Å². The number of amides is 2. The number of hydrogen-bond donors (Lipinski definition) is 2. The minimum Gasteiger partial charge on any atom is -0.335 e. The van der Waals surface area contributed by atoms with Crippen molar-refractivity contribution in [2.45, 2.75) is 45.2 Å². The molecule has 1 aromatic heterocycles. The molecule has 4 nitrogen and oxygen atoms in total. The van der Waals surface area contributed by atoms with Crippen LogP contribution in [0.3, 0.4) is 0 Å². The Balaban J connectivity index is 1.57. The molecule has 2 amide bonds. The summed E-state index contributed by atoms with van der Waals surface area (Å²) in [5.41, 5.74) is 3.69. The lowest BCUT2D eigenvalue weighted by Gasteiger charge is -2.18. The van der Waals surface area contributed by atoms with Gasteiger partial charge in [0, 0.05) is 17.1 Å². The Hall–Kier alpha value is -1.88. The molecule has 22 heavy (non-hydrogen) atoms. The van der Waals surface area contributed by atoms with E-state index in [1.54, 1.807) is 11.3 Å². The summed E-state index contributed by atoms with van der Waals surface area (Å²) in [6.45, 7) is 4.04. The van der Waals surface area contributed by atoms with Gasteiger partial charge in [-0.05, 0) is 37.3 Å². The van der Waals surface area contributed by atoms with E-state index >= 15 is 0 Å².